The predicted octanol–water partition coefficient (Wildman–Crippen LogP) is 4.93. The van der Waals surface area contributed by atoms with E-state index >= 15 is 0 Å². The van der Waals surface area contributed by atoms with Gasteiger partial charge in [0, 0.05) is 11.1 Å². The van der Waals surface area contributed by atoms with Crippen LogP contribution in [0.5, 0.6) is 11.5 Å². The van der Waals surface area contributed by atoms with Crippen LogP contribution in [0.15, 0.2) is 60.7 Å². The third-order valence-electron chi connectivity index (χ3n) is 5.00. The number of carbonyl (C=O) groups excluding carboxylic acids is 2. The molecule has 160 valence electrons. The van der Waals surface area contributed by atoms with Gasteiger partial charge in [0.15, 0.2) is 0 Å². The van der Waals surface area contributed by atoms with E-state index in [1.54, 1.807) is 49.6 Å². The van der Waals surface area contributed by atoms with Gasteiger partial charge in [-0.1, -0.05) is 18.2 Å². The third kappa shape index (κ3) is 5.22. The summed E-state index contributed by atoms with van der Waals surface area (Å²) in [5.41, 5.74) is 4.14. The minimum Gasteiger partial charge on any atom is -0.496 e. The average Bonchev–Trinajstić information content (AvgIpc) is 2.79. The Morgan fingerprint density at radius 2 is 1.68 bits per heavy atom. The Balaban J connectivity index is 1.80. The summed E-state index contributed by atoms with van der Waals surface area (Å²) in [6.45, 7) is 4.31. The van der Waals surface area contributed by atoms with Gasteiger partial charge in [-0.25, -0.2) is 4.79 Å². The molecular weight excluding hydrogens is 394 g/mol. The summed E-state index contributed by atoms with van der Waals surface area (Å²) in [4.78, 5) is 24.8. The summed E-state index contributed by atoms with van der Waals surface area (Å²) in [7, 11) is 2.87. The van der Waals surface area contributed by atoms with Crippen molar-refractivity contribution in [3.8, 4) is 11.5 Å². The summed E-state index contributed by atoms with van der Waals surface area (Å²) < 4.78 is 16.1. The molecule has 1 amide bonds. The molecule has 0 aliphatic heterocycles. The van der Waals surface area contributed by atoms with Crippen LogP contribution in [0.25, 0.3) is 0 Å². The molecule has 1 N–H and O–H groups in total. The molecule has 3 aromatic rings. The summed E-state index contributed by atoms with van der Waals surface area (Å²) in [5.74, 6) is 0.488. The van der Waals surface area contributed by atoms with E-state index in [4.69, 9.17) is 14.2 Å². The maximum atomic E-state index is 12.8. The lowest BCUT2D eigenvalue weighted by Crippen LogP contribution is -2.16. The van der Waals surface area contributed by atoms with Crippen molar-refractivity contribution in [2.75, 3.05) is 19.5 Å². The molecule has 0 fully saturated rings. The second-order valence-electron chi connectivity index (χ2n) is 7.05. The first-order valence-electron chi connectivity index (χ1n) is 9.78. The molecule has 0 unspecified atom stereocenters. The Morgan fingerprint density at radius 1 is 0.903 bits per heavy atom. The molecule has 0 aliphatic carbocycles. The Morgan fingerprint density at radius 3 is 2.39 bits per heavy atom. The SMILES string of the molecule is COC(=O)c1ccccc1NC(=O)c1ccc(OC)c(COc2ccc(C)c(C)c2)c1. The van der Waals surface area contributed by atoms with E-state index < -0.39 is 5.97 Å². The van der Waals surface area contributed by atoms with Crippen LogP contribution in [0.2, 0.25) is 0 Å². The Bertz CT molecular complexity index is 1110. The zero-order valence-corrected chi connectivity index (χ0v) is 18.0. The van der Waals surface area contributed by atoms with Crippen molar-refractivity contribution in [1.29, 1.82) is 0 Å². The molecule has 0 bridgehead atoms. The molecule has 3 rings (SSSR count). The van der Waals surface area contributed by atoms with Crippen LogP contribution in [0.1, 0.15) is 37.4 Å². The number of aryl methyl sites for hydroxylation is 2. The van der Waals surface area contributed by atoms with Crippen molar-refractivity contribution in [3.63, 3.8) is 0 Å². The number of rotatable bonds is 7. The van der Waals surface area contributed by atoms with Crippen LogP contribution in [-0.4, -0.2) is 26.1 Å². The Kier molecular flexibility index (Phi) is 6.92. The topological polar surface area (TPSA) is 73.9 Å². The second kappa shape index (κ2) is 9.80. The van der Waals surface area contributed by atoms with Crippen LogP contribution < -0.4 is 14.8 Å². The van der Waals surface area contributed by atoms with Crippen LogP contribution in [0.4, 0.5) is 5.69 Å². The van der Waals surface area contributed by atoms with E-state index in [9.17, 15) is 9.59 Å². The molecule has 0 saturated carbocycles. The van der Waals surface area contributed by atoms with E-state index in [2.05, 4.69) is 5.32 Å². The number of carbonyl (C=O) groups is 2. The van der Waals surface area contributed by atoms with Crippen molar-refractivity contribution in [3.05, 3.63) is 88.5 Å². The quantitative estimate of drug-likeness (QED) is 0.550. The van der Waals surface area contributed by atoms with Gasteiger partial charge in [-0.2, -0.15) is 0 Å². The lowest BCUT2D eigenvalue weighted by atomic mass is 10.1. The zero-order chi connectivity index (χ0) is 22.4. The fraction of sp³-hybridized carbons (Fsp3) is 0.200. The predicted molar refractivity (Wildman–Crippen MR) is 119 cm³/mol. The van der Waals surface area contributed by atoms with Gasteiger partial charge in [0.25, 0.3) is 5.91 Å². The lowest BCUT2D eigenvalue weighted by Gasteiger charge is -2.14. The van der Waals surface area contributed by atoms with E-state index in [1.807, 2.05) is 32.0 Å². The highest BCUT2D eigenvalue weighted by Gasteiger charge is 2.16. The van der Waals surface area contributed by atoms with Gasteiger partial charge in [0.2, 0.25) is 0 Å². The number of esters is 1. The van der Waals surface area contributed by atoms with Gasteiger partial charge >= 0.3 is 5.97 Å². The maximum Gasteiger partial charge on any atom is 0.339 e. The normalized spacial score (nSPS) is 10.3. The van der Waals surface area contributed by atoms with Gasteiger partial charge in [-0.3, -0.25) is 4.79 Å². The number of nitrogens with one attached hydrogen (secondary N) is 1. The summed E-state index contributed by atoms with van der Waals surface area (Å²) in [6, 6.07) is 17.7. The van der Waals surface area contributed by atoms with Crippen molar-refractivity contribution < 1.29 is 23.8 Å². The van der Waals surface area contributed by atoms with Gasteiger partial charge < -0.3 is 19.5 Å². The molecule has 3 aromatic carbocycles. The molecule has 0 aromatic heterocycles. The fourth-order valence-corrected chi connectivity index (χ4v) is 3.07. The zero-order valence-electron chi connectivity index (χ0n) is 18.0. The van der Waals surface area contributed by atoms with Gasteiger partial charge in [-0.15, -0.1) is 0 Å². The molecule has 0 radical (unpaired) electrons. The number of benzene rings is 3. The lowest BCUT2D eigenvalue weighted by molar-refractivity contribution is 0.0602. The number of methoxy groups -OCH3 is 2. The number of hydrogen-bond acceptors (Lipinski definition) is 5. The minimum absolute atomic E-state index is 0.242. The van der Waals surface area contributed by atoms with E-state index in [-0.39, 0.29) is 18.1 Å². The molecule has 0 aliphatic rings. The van der Waals surface area contributed by atoms with Gasteiger partial charge in [0.05, 0.1) is 25.5 Å². The Hall–Kier alpha value is -3.80. The second-order valence-corrected chi connectivity index (χ2v) is 7.05. The first-order valence-corrected chi connectivity index (χ1v) is 9.78. The number of amides is 1. The average molecular weight is 419 g/mol. The minimum atomic E-state index is -0.520. The molecule has 6 nitrogen and oxygen atoms in total. The van der Waals surface area contributed by atoms with Gasteiger partial charge in [0.1, 0.15) is 18.1 Å². The molecule has 0 spiro atoms. The molecule has 0 atom stereocenters. The molecule has 6 heteroatoms. The largest absolute Gasteiger partial charge is 0.496 e. The Labute approximate surface area is 181 Å². The smallest absolute Gasteiger partial charge is 0.339 e. The fourth-order valence-electron chi connectivity index (χ4n) is 3.07. The van der Waals surface area contributed by atoms with Crippen LogP contribution >= 0.6 is 0 Å². The number of para-hydroxylation sites is 1. The highest BCUT2D eigenvalue weighted by molar-refractivity contribution is 6.08. The number of ether oxygens (including phenoxy) is 3. The van der Waals surface area contributed by atoms with Crippen LogP contribution in [-0.2, 0) is 11.3 Å². The van der Waals surface area contributed by atoms with Crippen molar-refractivity contribution in [2.45, 2.75) is 20.5 Å². The molecular formula is C25H25NO5. The van der Waals surface area contributed by atoms with Crippen LogP contribution in [0, 0.1) is 13.8 Å². The maximum absolute atomic E-state index is 12.8. The van der Waals surface area contributed by atoms with Crippen molar-refractivity contribution >= 4 is 17.6 Å². The van der Waals surface area contributed by atoms with Crippen molar-refractivity contribution in [1.82, 2.24) is 0 Å². The number of anilines is 1. The van der Waals surface area contributed by atoms with E-state index in [1.165, 1.54) is 12.7 Å². The third-order valence-corrected chi connectivity index (χ3v) is 5.00. The summed E-state index contributed by atoms with van der Waals surface area (Å²) >= 11 is 0. The summed E-state index contributed by atoms with van der Waals surface area (Å²) in [6.07, 6.45) is 0. The van der Waals surface area contributed by atoms with E-state index in [0.29, 0.717) is 17.0 Å². The monoisotopic (exact) mass is 419 g/mol. The first kappa shape index (κ1) is 21.9. The highest BCUT2D eigenvalue weighted by Crippen LogP contribution is 2.24. The molecule has 0 saturated heterocycles. The number of hydrogen-bond donors (Lipinski definition) is 1. The highest BCUT2D eigenvalue weighted by atomic mass is 16.5. The molecule has 31 heavy (non-hydrogen) atoms. The van der Waals surface area contributed by atoms with Crippen LogP contribution in [0.3, 0.4) is 0 Å². The standard InChI is InChI=1S/C25H25NO5/c1-16-9-11-20(13-17(16)2)31-15-19-14-18(10-12-23(19)29-3)24(27)26-22-8-6-5-7-21(22)25(28)30-4/h5-14H,15H2,1-4H3,(H,26,27). The molecule has 0 heterocycles. The van der Waals surface area contributed by atoms with Gasteiger partial charge in [-0.05, 0) is 67.4 Å². The summed E-state index contributed by atoms with van der Waals surface area (Å²) in [5, 5.41) is 2.77. The first-order chi connectivity index (χ1) is 14.9. The van der Waals surface area contributed by atoms with E-state index in [0.717, 1.165) is 16.9 Å². The van der Waals surface area contributed by atoms with Crippen molar-refractivity contribution in [2.24, 2.45) is 0 Å².